The second kappa shape index (κ2) is 7.50. The second-order valence-corrected chi connectivity index (χ2v) is 11.1. The molecule has 29 heavy (non-hydrogen) atoms. The molecule has 0 saturated heterocycles. The third-order valence-corrected chi connectivity index (χ3v) is 10.1. The summed E-state index contributed by atoms with van der Waals surface area (Å²) in [5, 5.41) is 0. The molecule has 0 aromatic heterocycles. The van der Waals surface area contributed by atoms with Crippen LogP contribution in [-0.4, -0.2) is 24.6 Å². The van der Waals surface area contributed by atoms with Crippen molar-refractivity contribution >= 4 is 17.5 Å². The molecular weight excluding hydrogens is 364 g/mol. The van der Waals surface area contributed by atoms with Crippen molar-refractivity contribution in [2.24, 2.45) is 46.3 Å². The average Bonchev–Trinajstić information content (AvgIpc) is 3.06. The van der Waals surface area contributed by atoms with Gasteiger partial charge in [-0.1, -0.05) is 20.8 Å². The minimum Gasteiger partial charge on any atom is -0.469 e. The first-order chi connectivity index (χ1) is 13.7. The van der Waals surface area contributed by atoms with E-state index >= 15 is 0 Å². The Morgan fingerprint density at radius 2 is 1.86 bits per heavy atom. The van der Waals surface area contributed by atoms with Gasteiger partial charge in [-0.05, 0) is 79.4 Å². The van der Waals surface area contributed by atoms with Gasteiger partial charge in [-0.25, -0.2) is 0 Å². The molecule has 4 aliphatic rings. The zero-order valence-electron chi connectivity index (χ0n) is 18.7. The summed E-state index contributed by atoms with van der Waals surface area (Å²) in [4.78, 5) is 37.4. The second-order valence-electron chi connectivity index (χ2n) is 11.1. The Balaban J connectivity index is 1.55. The molecule has 4 saturated carbocycles. The standard InChI is InChI=1S/C25H38O4/c1-15(5-10-23(28)29-4)19-8-9-20-18-7-6-16-13-17(26)11-12-24(16,2)21(18)14-22(27)25(19,20)3/h15-16,18-21H,5-14H2,1-4H3/t15-,16+,18+,19+,20+,21-,24-,25+/m0/s1. The van der Waals surface area contributed by atoms with Gasteiger partial charge in [-0.15, -0.1) is 0 Å². The number of esters is 1. The zero-order valence-corrected chi connectivity index (χ0v) is 18.7. The summed E-state index contributed by atoms with van der Waals surface area (Å²) in [6.07, 6.45) is 9.00. The number of carbonyl (C=O) groups excluding carboxylic acids is 3. The summed E-state index contributed by atoms with van der Waals surface area (Å²) >= 11 is 0. The molecule has 0 aliphatic heterocycles. The van der Waals surface area contributed by atoms with Crippen LogP contribution in [0.5, 0.6) is 0 Å². The minimum absolute atomic E-state index is 0.148. The Hall–Kier alpha value is -1.19. The summed E-state index contributed by atoms with van der Waals surface area (Å²) in [5.74, 6) is 3.55. The lowest BCUT2D eigenvalue weighted by Gasteiger charge is -2.59. The third kappa shape index (κ3) is 3.20. The van der Waals surface area contributed by atoms with Crippen LogP contribution in [0.3, 0.4) is 0 Å². The van der Waals surface area contributed by atoms with Crippen molar-refractivity contribution < 1.29 is 19.1 Å². The van der Waals surface area contributed by atoms with Crippen LogP contribution >= 0.6 is 0 Å². The molecule has 0 spiro atoms. The van der Waals surface area contributed by atoms with Crippen molar-refractivity contribution in [3.63, 3.8) is 0 Å². The van der Waals surface area contributed by atoms with E-state index in [9.17, 15) is 14.4 Å². The highest BCUT2D eigenvalue weighted by Crippen LogP contribution is 2.67. The maximum atomic E-state index is 13.7. The minimum atomic E-state index is -0.232. The Morgan fingerprint density at radius 1 is 1.10 bits per heavy atom. The Kier molecular flexibility index (Phi) is 5.44. The van der Waals surface area contributed by atoms with Gasteiger partial charge in [0.15, 0.2) is 0 Å². The van der Waals surface area contributed by atoms with E-state index in [-0.39, 0.29) is 16.8 Å². The molecule has 0 unspecified atom stereocenters. The number of ketones is 2. The fraction of sp³-hybridized carbons (Fsp3) is 0.880. The molecule has 0 heterocycles. The van der Waals surface area contributed by atoms with Gasteiger partial charge in [-0.2, -0.15) is 0 Å². The molecular formula is C25H38O4. The summed E-state index contributed by atoms with van der Waals surface area (Å²) < 4.78 is 4.83. The van der Waals surface area contributed by atoms with Crippen LogP contribution < -0.4 is 0 Å². The van der Waals surface area contributed by atoms with Crippen molar-refractivity contribution in [1.29, 1.82) is 0 Å². The lowest BCUT2D eigenvalue weighted by molar-refractivity contribution is -0.159. The van der Waals surface area contributed by atoms with E-state index < -0.39 is 0 Å². The zero-order chi connectivity index (χ0) is 21.0. The predicted molar refractivity (Wildman–Crippen MR) is 111 cm³/mol. The summed E-state index contributed by atoms with van der Waals surface area (Å²) in [7, 11) is 1.44. The molecule has 4 aliphatic carbocycles. The van der Waals surface area contributed by atoms with Crippen LogP contribution in [0.25, 0.3) is 0 Å². The van der Waals surface area contributed by atoms with Crippen molar-refractivity contribution in [3.05, 3.63) is 0 Å². The van der Waals surface area contributed by atoms with Gasteiger partial charge in [0.05, 0.1) is 7.11 Å². The van der Waals surface area contributed by atoms with Crippen molar-refractivity contribution in [1.82, 2.24) is 0 Å². The Morgan fingerprint density at radius 3 is 2.59 bits per heavy atom. The smallest absolute Gasteiger partial charge is 0.305 e. The first-order valence-electron chi connectivity index (χ1n) is 11.8. The number of rotatable bonds is 4. The van der Waals surface area contributed by atoms with E-state index in [4.69, 9.17) is 4.74 Å². The number of Topliss-reactive ketones (excluding diaryl/α,β-unsaturated/α-hetero) is 2. The number of hydrogen-bond acceptors (Lipinski definition) is 4. The highest BCUT2D eigenvalue weighted by molar-refractivity contribution is 5.87. The van der Waals surface area contributed by atoms with Crippen LogP contribution in [0, 0.1) is 46.3 Å². The molecule has 4 fully saturated rings. The fourth-order valence-electron chi connectivity index (χ4n) is 8.34. The van der Waals surface area contributed by atoms with E-state index in [1.807, 2.05) is 0 Å². The Bertz CT molecular complexity index is 699. The fourth-order valence-corrected chi connectivity index (χ4v) is 8.34. The molecule has 0 N–H and O–H groups in total. The maximum Gasteiger partial charge on any atom is 0.305 e. The Labute approximate surface area is 175 Å². The predicted octanol–water partition coefficient (Wildman–Crippen LogP) is 4.98. The lowest BCUT2D eigenvalue weighted by Crippen LogP contribution is -2.57. The monoisotopic (exact) mass is 402 g/mol. The molecule has 4 heteroatoms. The van der Waals surface area contributed by atoms with Gasteiger partial charge in [0.1, 0.15) is 11.6 Å². The normalized spacial score (nSPS) is 45.2. The molecule has 0 radical (unpaired) electrons. The van der Waals surface area contributed by atoms with E-state index in [1.54, 1.807) is 0 Å². The molecule has 8 atom stereocenters. The highest BCUT2D eigenvalue weighted by Gasteiger charge is 2.63. The number of hydrogen-bond donors (Lipinski definition) is 0. The average molecular weight is 403 g/mol. The van der Waals surface area contributed by atoms with Crippen LogP contribution in [0.1, 0.15) is 85.0 Å². The van der Waals surface area contributed by atoms with E-state index in [0.717, 1.165) is 38.5 Å². The lowest BCUT2D eigenvalue weighted by atomic mass is 9.44. The highest BCUT2D eigenvalue weighted by atomic mass is 16.5. The maximum absolute atomic E-state index is 13.7. The van der Waals surface area contributed by atoms with Crippen LogP contribution in [0.15, 0.2) is 0 Å². The van der Waals surface area contributed by atoms with Crippen LogP contribution in [-0.2, 0) is 19.1 Å². The molecule has 0 amide bonds. The van der Waals surface area contributed by atoms with Gasteiger partial charge in [0.2, 0.25) is 0 Å². The summed E-state index contributed by atoms with van der Waals surface area (Å²) in [6.45, 7) is 6.87. The number of methoxy groups -OCH3 is 1. The van der Waals surface area contributed by atoms with Crippen molar-refractivity contribution in [2.75, 3.05) is 7.11 Å². The van der Waals surface area contributed by atoms with E-state index in [1.165, 1.54) is 13.5 Å². The summed E-state index contributed by atoms with van der Waals surface area (Å²) in [5.41, 5.74) is -0.0627. The van der Waals surface area contributed by atoms with Crippen LogP contribution in [0.2, 0.25) is 0 Å². The molecule has 0 aromatic rings. The van der Waals surface area contributed by atoms with Gasteiger partial charge < -0.3 is 4.74 Å². The SMILES string of the molecule is COC(=O)CC[C@H](C)[C@H]1CC[C@@H]2[C@H]3CC[C@@H]4CC(=O)CC[C@]4(C)[C@H]3CC(=O)[C@@]21C. The molecule has 0 aromatic carbocycles. The number of fused-ring (bicyclic) bond motifs is 5. The van der Waals surface area contributed by atoms with Gasteiger partial charge in [0.25, 0.3) is 0 Å². The first-order valence-corrected chi connectivity index (χ1v) is 11.8. The molecule has 162 valence electrons. The number of carbonyl (C=O) groups is 3. The molecule has 4 nitrogen and oxygen atoms in total. The van der Waals surface area contributed by atoms with E-state index in [0.29, 0.717) is 66.3 Å². The summed E-state index contributed by atoms with van der Waals surface area (Å²) in [6, 6.07) is 0. The van der Waals surface area contributed by atoms with Gasteiger partial charge in [0, 0.05) is 31.1 Å². The quantitative estimate of drug-likeness (QED) is 0.622. The van der Waals surface area contributed by atoms with E-state index in [2.05, 4.69) is 20.8 Å². The van der Waals surface area contributed by atoms with Gasteiger partial charge in [-0.3, -0.25) is 14.4 Å². The topological polar surface area (TPSA) is 60.4 Å². The van der Waals surface area contributed by atoms with Crippen molar-refractivity contribution in [2.45, 2.75) is 85.0 Å². The molecule has 0 bridgehead atoms. The first kappa shape index (κ1) is 21.1. The third-order valence-electron chi connectivity index (χ3n) is 10.1. The molecule has 4 rings (SSSR count). The van der Waals surface area contributed by atoms with Crippen molar-refractivity contribution in [3.8, 4) is 0 Å². The van der Waals surface area contributed by atoms with Crippen LogP contribution in [0.4, 0.5) is 0 Å². The number of ether oxygens (including phenoxy) is 1. The van der Waals surface area contributed by atoms with Gasteiger partial charge >= 0.3 is 5.97 Å². The largest absolute Gasteiger partial charge is 0.469 e.